The Morgan fingerprint density at radius 3 is 2.88 bits per heavy atom. The summed E-state index contributed by atoms with van der Waals surface area (Å²) < 4.78 is 2.03. The number of nitrogens with zero attached hydrogens (tertiary/aromatic N) is 1. The molecule has 0 bridgehead atoms. The third-order valence-electron chi connectivity index (χ3n) is 3.31. The molecule has 3 rings (SSSR count). The van der Waals surface area contributed by atoms with Gasteiger partial charge in [-0.25, -0.2) is 0 Å². The average molecular weight is 229 g/mol. The molecule has 2 N–H and O–H groups in total. The lowest BCUT2D eigenvalue weighted by molar-refractivity contribution is -0.121. The van der Waals surface area contributed by atoms with Gasteiger partial charge in [-0.1, -0.05) is 18.2 Å². The van der Waals surface area contributed by atoms with E-state index in [-0.39, 0.29) is 11.8 Å². The molecule has 0 radical (unpaired) electrons. The number of hydrogen-bond acceptors (Lipinski definition) is 2. The number of carbonyl (C=O) groups is 1. The fourth-order valence-electron chi connectivity index (χ4n) is 2.15. The van der Waals surface area contributed by atoms with E-state index in [1.165, 1.54) is 0 Å². The number of anilines is 1. The molecule has 4 nitrogen and oxygen atoms in total. The summed E-state index contributed by atoms with van der Waals surface area (Å²) >= 11 is 0. The van der Waals surface area contributed by atoms with Gasteiger partial charge in [0.05, 0.1) is 11.6 Å². The zero-order valence-corrected chi connectivity index (χ0v) is 9.73. The van der Waals surface area contributed by atoms with Crippen molar-refractivity contribution in [1.29, 1.82) is 0 Å². The van der Waals surface area contributed by atoms with Crippen LogP contribution in [0.25, 0.3) is 10.9 Å². The van der Waals surface area contributed by atoms with Gasteiger partial charge < -0.3 is 15.2 Å². The number of amides is 1. The van der Waals surface area contributed by atoms with Crippen LogP contribution in [-0.2, 0) is 11.8 Å². The number of benzene rings is 1. The molecule has 1 aliphatic rings. The van der Waals surface area contributed by atoms with Crippen molar-refractivity contribution in [3.05, 3.63) is 30.5 Å². The van der Waals surface area contributed by atoms with Crippen LogP contribution in [0.15, 0.2) is 30.5 Å². The van der Waals surface area contributed by atoms with Crippen LogP contribution in [0.2, 0.25) is 0 Å². The Hall–Kier alpha value is -1.81. The zero-order valence-electron chi connectivity index (χ0n) is 9.73. The van der Waals surface area contributed by atoms with Crippen molar-refractivity contribution >= 4 is 22.5 Å². The lowest BCUT2D eigenvalue weighted by atomic mass is 10.0. The molecule has 2 aromatic rings. The highest BCUT2D eigenvalue weighted by molar-refractivity contribution is 6.02. The number of aryl methyl sites for hydroxylation is 1. The van der Waals surface area contributed by atoms with Gasteiger partial charge in [-0.3, -0.25) is 4.79 Å². The number of fused-ring (bicyclic) bond motifs is 1. The SMILES string of the molecule is Cn1cc(NC(=O)C2CNC2)c2ccccc21. The highest BCUT2D eigenvalue weighted by Gasteiger charge is 2.25. The minimum absolute atomic E-state index is 0.111. The predicted molar refractivity (Wildman–Crippen MR) is 67.9 cm³/mol. The second-order valence-electron chi connectivity index (χ2n) is 4.52. The van der Waals surface area contributed by atoms with Gasteiger partial charge in [-0.05, 0) is 6.07 Å². The van der Waals surface area contributed by atoms with E-state index in [1.807, 2.05) is 36.0 Å². The van der Waals surface area contributed by atoms with E-state index in [1.54, 1.807) is 0 Å². The van der Waals surface area contributed by atoms with Crippen molar-refractivity contribution in [3.63, 3.8) is 0 Å². The van der Waals surface area contributed by atoms with Gasteiger partial charge in [0.25, 0.3) is 0 Å². The van der Waals surface area contributed by atoms with Crippen molar-refractivity contribution in [1.82, 2.24) is 9.88 Å². The molecule has 17 heavy (non-hydrogen) atoms. The van der Waals surface area contributed by atoms with Crippen LogP contribution in [-0.4, -0.2) is 23.6 Å². The first-order chi connectivity index (χ1) is 8.25. The highest BCUT2D eigenvalue weighted by atomic mass is 16.2. The highest BCUT2D eigenvalue weighted by Crippen LogP contribution is 2.25. The summed E-state index contributed by atoms with van der Waals surface area (Å²) in [6, 6.07) is 8.08. The van der Waals surface area contributed by atoms with E-state index in [9.17, 15) is 4.79 Å². The maximum Gasteiger partial charge on any atom is 0.230 e. The van der Waals surface area contributed by atoms with Crippen molar-refractivity contribution < 1.29 is 4.79 Å². The van der Waals surface area contributed by atoms with E-state index >= 15 is 0 Å². The molecule has 0 saturated carbocycles. The first kappa shape index (κ1) is 10.4. The van der Waals surface area contributed by atoms with Gasteiger partial charge in [0.15, 0.2) is 0 Å². The van der Waals surface area contributed by atoms with Crippen LogP contribution in [0.4, 0.5) is 5.69 Å². The van der Waals surface area contributed by atoms with Crippen LogP contribution in [0.3, 0.4) is 0 Å². The summed E-state index contributed by atoms with van der Waals surface area (Å²) in [6.07, 6.45) is 1.97. The fraction of sp³-hybridized carbons (Fsp3) is 0.308. The molecule has 1 fully saturated rings. The lowest BCUT2D eigenvalue weighted by Gasteiger charge is -2.25. The van der Waals surface area contributed by atoms with Gasteiger partial charge in [0, 0.05) is 37.2 Å². The molecule has 88 valence electrons. The van der Waals surface area contributed by atoms with E-state index < -0.39 is 0 Å². The molecule has 0 atom stereocenters. The van der Waals surface area contributed by atoms with Gasteiger partial charge in [0.2, 0.25) is 5.91 Å². The smallest absolute Gasteiger partial charge is 0.230 e. The van der Waals surface area contributed by atoms with Crippen LogP contribution in [0.5, 0.6) is 0 Å². The van der Waals surface area contributed by atoms with Gasteiger partial charge >= 0.3 is 0 Å². The molecule has 1 aromatic carbocycles. The standard InChI is InChI=1S/C13H15N3O/c1-16-8-11(10-4-2-3-5-12(10)16)15-13(17)9-6-14-7-9/h2-5,8-9,14H,6-7H2,1H3,(H,15,17). The normalized spacial score (nSPS) is 15.8. The van der Waals surface area contributed by atoms with Gasteiger partial charge in [0.1, 0.15) is 0 Å². The third kappa shape index (κ3) is 1.70. The predicted octanol–water partition coefficient (Wildman–Crippen LogP) is 1.34. The van der Waals surface area contributed by atoms with Crippen molar-refractivity contribution in [2.24, 2.45) is 13.0 Å². The fourth-order valence-corrected chi connectivity index (χ4v) is 2.15. The van der Waals surface area contributed by atoms with Crippen LogP contribution >= 0.6 is 0 Å². The Morgan fingerprint density at radius 2 is 2.18 bits per heavy atom. The van der Waals surface area contributed by atoms with E-state index in [0.29, 0.717) is 0 Å². The van der Waals surface area contributed by atoms with Crippen molar-refractivity contribution in [2.75, 3.05) is 18.4 Å². The number of hydrogen-bond donors (Lipinski definition) is 2. The number of para-hydroxylation sites is 1. The first-order valence-electron chi connectivity index (χ1n) is 5.81. The van der Waals surface area contributed by atoms with Gasteiger partial charge in [-0.2, -0.15) is 0 Å². The Kier molecular flexibility index (Phi) is 2.37. The van der Waals surface area contributed by atoms with E-state index in [4.69, 9.17) is 0 Å². The molecular formula is C13H15N3O. The molecule has 0 aliphatic carbocycles. The number of carbonyl (C=O) groups excluding carboxylic acids is 1. The molecule has 4 heteroatoms. The minimum atomic E-state index is 0.111. The third-order valence-corrected chi connectivity index (χ3v) is 3.31. The van der Waals surface area contributed by atoms with Crippen molar-refractivity contribution in [2.45, 2.75) is 0 Å². The Balaban J connectivity index is 1.92. The number of rotatable bonds is 2. The van der Waals surface area contributed by atoms with Crippen LogP contribution in [0, 0.1) is 5.92 Å². The molecule has 1 amide bonds. The first-order valence-corrected chi connectivity index (χ1v) is 5.81. The summed E-state index contributed by atoms with van der Waals surface area (Å²) in [5, 5.41) is 7.21. The topological polar surface area (TPSA) is 46.1 Å². The zero-order chi connectivity index (χ0) is 11.8. The Bertz CT molecular complexity index is 569. The average Bonchev–Trinajstić information content (AvgIpc) is 2.54. The van der Waals surface area contributed by atoms with Crippen LogP contribution in [0.1, 0.15) is 0 Å². The molecule has 1 aliphatic heterocycles. The molecule has 2 heterocycles. The maximum atomic E-state index is 11.9. The van der Waals surface area contributed by atoms with E-state index in [0.717, 1.165) is 29.7 Å². The summed E-state index contributed by atoms with van der Waals surface area (Å²) in [5.41, 5.74) is 2.04. The van der Waals surface area contributed by atoms with E-state index in [2.05, 4.69) is 16.7 Å². The maximum absolute atomic E-state index is 11.9. The van der Waals surface area contributed by atoms with Gasteiger partial charge in [-0.15, -0.1) is 0 Å². The summed E-state index contributed by atoms with van der Waals surface area (Å²) in [6.45, 7) is 1.58. The molecule has 1 saturated heterocycles. The second kappa shape index (κ2) is 3.89. The Morgan fingerprint density at radius 1 is 1.41 bits per heavy atom. The molecule has 0 spiro atoms. The van der Waals surface area contributed by atoms with Crippen molar-refractivity contribution in [3.8, 4) is 0 Å². The van der Waals surface area contributed by atoms with Crippen LogP contribution < -0.4 is 10.6 Å². The monoisotopic (exact) mass is 229 g/mol. The number of aromatic nitrogens is 1. The molecular weight excluding hydrogens is 214 g/mol. The molecule has 1 aromatic heterocycles. The summed E-state index contributed by atoms with van der Waals surface area (Å²) in [5.74, 6) is 0.231. The summed E-state index contributed by atoms with van der Waals surface area (Å²) in [7, 11) is 1.99. The summed E-state index contributed by atoms with van der Waals surface area (Å²) in [4.78, 5) is 11.9. The quantitative estimate of drug-likeness (QED) is 0.816. The Labute approximate surface area is 99.6 Å². The minimum Gasteiger partial charge on any atom is -0.348 e. The largest absolute Gasteiger partial charge is 0.348 e. The number of nitrogens with one attached hydrogen (secondary N) is 2. The second-order valence-corrected chi connectivity index (χ2v) is 4.52. The molecule has 0 unspecified atom stereocenters. The lowest BCUT2D eigenvalue weighted by Crippen LogP contribution is -2.48.